The van der Waals surface area contributed by atoms with Crippen molar-refractivity contribution < 1.29 is 75.8 Å². The molecule has 0 aliphatic rings. The minimum absolute atomic E-state index is 0.104. The number of phosphoric ester groups is 2. The second-order valence-corrected chi connectivity index (χ2v) is 28.7. The Morgan fingerprint density at radius 2 is 0.535 bits per heavy atom. The van der Waals surface area contributed by atoms with Gasteiger partial charge in [-0.3, -0.25) is 32.5 Å². The van der Waals surface area contributed by atoms with Crippen molar-refractivity contribution in [3.05, 3.63) is 122 Å². The van der Waals surface area contributed by atoms with Gasteiger partial charge in [0, 0.05) is 19.3 Å². The molecular formula is C81H140O16P2. The molecular weight excluding hydrogens is 1290 g/mol. The fraction of sp³-hybridized carbons (Fsp3) is 0.716. The molecule has 0 aromatic carbocycles. The number of aliphatic hydroxyl groups is 2. The first kappa shape index (κ1) is 94.9. The van der Waals surface area contributed by atoms with Crippen LogP contribution < -0.4 is 0 Å². The van der Waals surface area contributed by atoms with Crippen LogP contribution in [0.1, 0.15) is 316 Å². The van der Waals surface area contributed by atoms with Crippen molar-refractivity contribution in [2.24, 2.45) is 0 Å². The molecule has 0 rings (SSSR count). The van der Waals surface area contributed by atoms with Crippen LogP contribution in [0, 0.1) is 0 Å². The number of carbonyl (C=O) groups is 3. The Hall–Kier alpha value is -4.05. The van der Waals surface area contributed by atoms with E-state index >= 15 is 0 Å². The molecule has 4 N–H and O–H groups in total. The molecule has 0 aromatic heterocycles. The molecule has 0 bridgehead atoms. The van der Waals surface area contributed by atoms with Gasteiger partial charge in [-0.2, -0.15) is 0 Å². The van der Waals surface area contributed by atoms with Crippen molar-refractivity contribution in [1.29, 1.82) is 0 Å². The zero-order chi connectivity index (χ0) is 72.3. The SMILES string of the molecule is CC/C=C\C/C=C\C/C=C\C/C=C\C/C=C\C/C=C\CCCCCCCCC(=O)OCC(O)COP(=O)(O)OCC(O)COP(=O)(O)OCC(COC(=O)CCCCCCCCC/C=C\C/C=C\C/C=C\C/C=C\CCCCC)OC(=O)CCCCCCCCCCCCCCCCC. The van der Waals surface area contributed by atoms with Crippen LogP contribution in [0.5, 0.6) is 0 Å². The quantitative estimate of drug-likeness (QED) is 0.0146. The van der Waals surface area contributed by atoms with E-state index < -0.39 is 91.5 Å². The van der Waals surface area contributed by atoms with Gasteiger partial charge in [0.25, 0.3) is 0 Å². The van der Waals surface area contributed by atoms with Gasteiger partial charge in [-0.15, -0.1) is 0 Å². The average molecular weight is 1430 g/mol. The lowest BCUT2D eigenvalue weighted by atomic mass is 10.0. The van der Waals surface area contributed by atoms with E-state index in [1.807, 2.05) is 0 Å². The van der Waals surface area contributed by atoms with Crippen molar-refractivity contribution in [2.45, 2.75) is 334 Å². The van der Waals surface area contributed by atoms with Gasteiger partial charge in [0.1, 0.15) is 25.4 Å². The first-order valence-electron chi connectivity index (χ1n) is 38.8. The lowest BCUT2D eigenvalue weighted by Gasteiger charge is -2.21. The predicted molar refractivity (Wildman–Crippen MR) is 408 cm³/mol. The van der Waals surface area contributed by atoms with E-state index in [9.17, 15) is 43.5 Å². The molecule has 16 nitrogen and oxygen atoms in total. The van der Waals surface area contributed by atoms with Gasteiger partial charge < -0.3 is 34.2 Å². The van der Waals surface area contributed by atoms with Crippen LogP contribution in [0.25, 0.3) is 0 Å². The molecule has 0 fully saturated rings. The summed E-state index contributed by atoms with van der Waals surface area (Å²) in [7, 11) is -9.79. The van der Waals surface area contributed by atoms with Gasteiger partial charge in [0.15, 0.2) is 6.10 Å². The van der Waals surface area contributed by atoms with E-state index in [0.717, 1.165) is 167 Å². The Morgan fingerprint density at radius 3 is 0.869 bits per heavy atom. The van der Waals surface area contributed by atoms with Gasteiger partial charge in [-0.1, -0.05) is 303 Å². The molecule has 0 saturated carbocycles. The van der Waals surface area contributed by atoms with Crippen molar-refractivity contribution in [3.63, 3.8) is 0 Å². The maximum atomic E-state index is 13.0. The zero-order valence-corrected chi connectivity index (χ0v) is 63.9. The van der Waals surface area contributed by atoms with Crippen LogP contribution in [0.4, 0.5) is 0 Å². The monoisotopic (exact) mass is 1430 g/mol. The smallest absolute Gasteiger partial charge is 0.463 e. The zero-order valence-electron chi connectivity index (χ0n) is 62.1. The third-order valence-electron chi connectivity index (χ3n) is 16.2. The highest BCUT2D eigenvalue weighted by molar-refractivity contribution is 7.47. The fourth-order valence-electron chi connectivity index (χ4n) is 10.3. The van der Waals surface area contributed by atoms with Crippen LogP contribution >= 0.6 is 15.6 Å². The number of rotatable bonds is 73. The van der Waals surface area contributed by atoms with Crippen molar-refractivity contribution in [3.8, 4) is 0 Å². The molecule has 0 aromatic rings. The number of phosphoric acid groups is 2. The van der Waals surface area contributed by atoms with Gasteiger partial charge in [-0.05, 0) is 116 Å². The van der Waals surface area contributed by atoms with Crippen LogP contribution in [0.2, 0.25) is 0 Å². The maximum Gasteiger partial charge on any atom is 0.472 e. The number of carbonyl (C=O) groups excluding carboxylic acids is 3. The van der Waals surface area contributed by atoms with Gasteiger partial charge in [-0.25, -0.2) is 9.13 Å². The average Bonchev–Trinajstić information content (AvgIpc) is 1.57. The highest BCUT2D eigenvalue weighted by Crippen LogP contribution is 2.45. The van der Waals surface area contributed by atoms with Gasteiger partial charge >= 0.3 is 33.6 Å². The van der Waals surface area contributed by atoms with E-state index in [2.05, 4.69) is 142 Å². The van der Waals surface area contributed by atoms with Crippen LogP contribution in [-0.2, 0) is 55.8 Å². The summed E-state index contributed by atoms with van der Waals surface area (Å²) in [4.78, 5) is 58.6. The van der Waals surface area contributed by atoms with Gasteiger partial charge in [0.05, 0.1) is 26.4 Å². The fourth-order valence-corrected chi connectivity index (χ4v) is 11.8. The summed E-state index contributed by atoms with van der Waals surface area (Å²) in [6, 6.07) is 0. The molecule has 0 spiro atoms. The highest BCUT2D eigenvalue weighted by Gasteiger charge is 2.29. The lowest BCUT2D eigenvalue weighted by molar-refractivity contribution is -0.161. The number of allylic oxidation sites excluding steroid dienone is 20. The van der Waals surface area contributed by atoms with E-state index in [0.29, 0.717) is 19.3 Å². The largest absolute Gasteiger partial charge is 0.472 e. The Bertz CT molecular complexity index is 2290. The number of aliphatic hydroxyl groups excluding tert-OH is 2. The van der Waals surface area contributed by atoms with Crippen LogP contribution in [0.15, 0.2) is 122 Å². The van der Waals surface area contributed by atoms with Crippen molar-refractivity contribution >= 4 is 33.6 Å². The molecule has 0 aliphatic carbocycles. The van der Waals surface area contributed by atoms with E-state index in [-0.39, 0.29) is 19.3 Å². The molecule has 0 radical (unpaired) electrons. The lowest BCUT2D eigenvalue weighted by Crippen LogP contribution is -2.30. The normalized spacial score (nSPS) is 14.7. The van der Waals surface area contributed by atoms with Crippen molar-refractivity contribution in [1.82, 2.24) is 0 Å². The summed E-state index contributed by atoms with van der Waals surface area (Å²) in [5.74, 6) is -1.59. The molecule has 0 heterocycles. The summed E-state index contributed by atoms with van der Waals surface area (Å²) in [5, 5.41) is 20.6. The molecule has 99 heavy (non-hydrogen) atoms. The summed E-state index contributed by atoms with van der Waals surface area (Å²) in [6.45, 7) is 2.53. The summed E-state index contributed by atoms with van der Waals surface area (Å²) < 4.78 is 61.1. The number of ether oxygens (including phenoxy) is 3. The summed E-state index contributed by atoms with van der Waals surface area (Å²) in [6.07, 6.45) is 86.6. The molecule has 5 unspecified atom stereocenters. The minimum atomic E-state index is -4.93. The molecule has 0 saturated heterocycles. The van der Waals surface area contributed by atoms with E-state index in [1.54, 1.807) is 0 Å². The van der Waals surface area contributed by atoms with Crippen molar-refractivity contribution in [2.75, 3.05) is 39.6 Å². The summed E-state index contributed by atoms with van der Waals surface area (Å²) in [5.41, 5.74) is 0. The first-order chi connectivity index (χ1) is 48.2. The molecule has 0 aliphatic heterocycles. The Morgan fingerprint density at radius 1 is 0.293 bits per heavy atom. The second-order valence-electron chi connectivity index (χ2n) is 25.8. The highest BCUT2D eigenvalue weighted by atomic mass is 31.2. The number of unbranched alkanes of at least 4 members (excludes halogenated alkanes) is 30. The van der Waals surface area contributed by atoms with Crippen LogP contribution in [0.3, 0.4) is 0 Å². The standard InChI is InChI=1S/C81H140O16P2/c1-4-7-10-13-16-19-22-25-28-30-32-34-36-37-39-41-42-44-47-49-52-55-58-61-64-67-79(84)91-70-76(82)71-93-98(87,88)94-72-77(83)73-95-99(89,90)96-75-78(97-81(86)69-66-63-60-57-54-51-46-27-24-21-18-15-12-9-6-3)74-92-80(85)68-65-62-59-56-53-50-48-45-43-40-38-35-33-31-29-26-23-20-17-14-11-8-5-2/h7,10,16-17,19-20,25-26,28-29,32-35,37,39-40,42-44,76-78,82-83H,4-6,8-9,11-15,18,21-24,27,30-31,36,38,41,45-75H2,1-3H3,(H,87,88)(H,89,90)/b10-7-,19-16-,20-17-,28-25-,29-26-,34-32-,35-33-,39-37-,43-40-,44-42-. The molecule has 0 amide bonds. The number of hydrogen-bond donors (Lipinski definition) is 4. The Labute approximate surface area is 602 Å². The molecule has 570 valence electrons. The molecule has 5 atom stereocenters. The second kappa shape index (κ2) is 73.7. The molecule has 18 heteroatoms. The topological polar surface area (TPSA) is 231 Å². The summed E-state index contributed by atoms with van der Waals surface area (Å²) >= 11 is 0. The third kappa shape index (κ3) is 74.9. The van der Waals surface area contributed by atoms with Crippen LogP contribution in [-0.4, -0.2) is 95.9 Å². The first-order valence-corrected chi connectivity index (χ1v) is 41.8. The van der Waals surface area contributed by atoms with E-state index in [1.165, 1.54) is 89.9 Å². The Kier molecular flexibility index (Phi) is 70.7. The third-order valence-corrected chi connectivity index (χ3v) is 18.1. The predicted octanol–water partition coefficient (Wildman–Crippen LogP) is 22.5. The Balaban J connectivity index is 4.63. The van der Waals surface area contributed by atoms with Gasteiger partial charge in [0.2, 0.25) is 0 Å². The minimum Gasteiger partial charge on any atom is -0.463 e. The number of esters is 3. The number of hydrogen-bond acceptors (Lipinski definition) is 14. The van der Waals surface area contributed by atoms with E-state index in [4.69, 9.17) is 32.3 Å². The maximum absolute atomic E-state index is 13.0.